The van der Waals surface area contributed by atoms with Crippen LogP contribution in [0, 0.1) is 0 Å². The van der Waals surface area contributed by atoms with Crippen molar-refractivity contribution in [3.8, 4) is 11.5 Å². The molecule has 0 bridgehead atoms. The number of aromatic carboxylic acids is 1. The fourth-order valence-electron chi connectivity index (χ4n) is 3.59. The van der Waals surface area contributed by atoms with Crippen LogP contribution < -0.4 is 14.4 Å². The predicted molar refractivity (Wildman–Crippen MR) is 119 cm³/mol. The fraction of sp³-hybridized carbons (Fsp3) is 0.125. The lowest BCUT2D eigenvalue weighted by molar-refractivity contribution is -0.139. The van der Waals surface area contributed by atoms with Crippen LogP contribution in [-0.2, 0) is 17.9 Å². The third-order valence-corrected chi connectivity index (χ3v) is 5.33. The van der Waals surface area contributed by atoms with Crippen molar-refractivity contribution >= 4 is 35.1 Å². The summed E-state index contributed by atoms with van der Waals surface area (Å²) in [5.74, 6) is -2.33. The molecule has 9 heteroatoms. The number of ether oxygens (including phenoxy) is 2. The number of carboxylic acids is 2. The Morgan fingerprint density at radius 3 is 2.33 bits per heavy atom. The van der Waals surface area contributed by atoms with Crippen molar-refractivity contribution in [1.29, 1.82) is 0 Å². The van der Waals surface area contributed by atoms with E-state index in [4.69, 9.17) is 26.2 Å². The molecule has 0 radical (unpaired) electrons. The number of hydrogen-bond donors (Lipinski definition) is 2. The van der Waals surface area contributed by atoms with Crippen molar-refractivity contribution in [2.45, 2.75) is 13.2 Å². The van der Waals surface area contributed by atoms with Crippen LogP contribution in [0.15, 0.2) is 60.7 Å². The second kappa shape index (κ2) is 9.22. The molecule has 0 atom stereocenters. The Hall–Kier alpha value is -4.04. The largest absolute Gasteiger partial charge is 0.487 e. The molecule has 0 aliphatic carbocycles. The summed E-state index contributed by atoms with van der Waals surface area (Å²) in [6, 6.07) is 16.3. The first-order valence-corrected chi connectivity index (χ1v) is 10.2. The quantitative estimate of drug-likeness (QED) is 0.509. The van der Waals surface area contributed by atoms with Gasteiger partial charge in [-0.3, -0.25) is 9.69 Å². The Balaban J connectivity index is 1.69. The van der Waals surface area contributed by atoms with Crippen LogP contribution in [0.2, 0.25) is 5.02 Å². The van der Waals surface area contributed by atoms with Gasteiger partial charge >= 0.3 is 11.9 Å². The van der Waals surface area contributed by atoms with E-state index in [0.29, 0.717) is 16.1 Å². The minimum absolute atomic E-state index is 0.00551. The maximum Gasteiger partial charge on any atom is 0.341 e. The molecule has 4 rings (SSSR count). The van der Waals surface area contributed by atoms with E-state index in [1.807, 2.05) is 0 Å². The number of amides is 1. The Morgan fingerprint density at radius 2 is 1.64 bits per heavy atom. The van der Waals surface area contributed by atoms with Gasteiger partial charge in [0, 0.05) is 16.1 Å². The number of nitrogens with zero attached hydrogens (tertiary/aromatic N) is 1. The lowest BCUT2D eigenvalue weighted by Crippen LogP contribution is -2.26. The van der Waals surface area contributed by atoms with Gasteiger partial charge in [-0.15, -0.1) is 0 Å². The van der Waals surface area contributed by atoms with Crippen LogP contribution >= 0.6 is 11.6 Å². The minimum atomic E-state index is -1.21. The molecule has 0 saturated carbocycles. The number of carbonyl (C=O) groups excluding carboxylic acids is 1. The first kappa shape index (κ1) is 22.2. The van der Waals surface area contributed by atoms with Crippen molar-refractivity contribution in [3.63, 3.8) is 0 Å². The number of carbonyl (C=O) groups is 3. The van der Waals surface area contributed by atoms with Crippen molar-refractivity contribution in [2.24, 2.45) is 0 Å². The summed E-state index contributed by atoms with van der Waals surface area (Å²) in [7, 11) is 0. The number of carboxylic acid groups (broad SMARTS) is 2. The average molecular weight is 468 g/mol. The van der Waals surface area contributed by atoms with E-state index < -0.39 is 24.5 Å². The number of fused-ring (bicyclic) bond motifs is 1. The third-order valence-electron chi connectivity index (χ3n) is 5.08. The lowest BCUT2D eigenvalue weighted by atomic mass is 10.1. The van der Waals surface area contributed by atoms with Crippen molar-refractivity contribution in [2.75, 3.05) is 11.5 Å². The summed E-state index contributed by atoms with van der Waals surface area (Å²) in [4.78, 5) is 37.4. The number of benzene rings is 3. The maximum atomic E-state index is 13.2. The van der Waals surface area contributed by atoms with Crippen LogP contribution in [0.25, 0.3) is 0 Å². The topological polar surface area (TPSA) is 113 Å². The highest BCUT2D eigenvalue weighted by molar-refractivity contribution is 6.30. The van der Waals surface area contributed by atoms with Crippen LogP contribution in [0.3, 0.4) is 0 Å². The normalized spacial score (nSPS) is 12.4. The van der Waals surface area contributed by atoms with Gasteiger partial charge in [-0.25, -0.2) is 9.59 Å². The van der Waals surface area contributed by atoms with Gasteiger partial charge < -0.3 is 19.7 Å². The molecule has 1 heterocycles. The third kappa shape index (κ3) is 4.61. The lowest BCUT2D eigenvalue weighted by Gasteiger charge is -2.22. The molecule has 168 valence electrons. The van der Waals surface area contributed by atoms with Gasteiger partial charge in [0.25, 0.3) is 5.91 Å². The number of para-hydroxylation sites is 1. The van der Waals surface area contributed by atoms with E-state index in [2.05, 4.69) is 0 Å². The monoisotopic (exact) mass is 467 g/mol. The van der Waals surface area contributed by atoms with Gasteiger partial charge in [0.1, 0.15) is 23.8 Å². The van der Waals surface area contributed by atoms with Gasteiger partial charge in [-0.1, -0.05) is 35.9 Å². The first-order chi connectivity index (χ1) is 15.8. The Morgan fingerprint density at radius 1 is 0.939 bits per heavy atom. The summed E-state index contributed by atoms with van der Waals surface area (Å²) in [6.45, 7) is -0.424. The van der Waals surface area contributed by atoms with E-state index in [0.717, 1.165) is 5.56 Å². The number of aliphatic carboxylic acids is 1. The van der Waals surface area contributed by atoms with Gasteiger partial charge in [0.05, 0.1) is 12.1 Å². The van der Waals surface area contributed by atoms with Gasteiger partial charge in [-0.2, -0.15) is 0 Å². The zero-order valence-electron chi connectivity index (χ0n) is 17.2. The molecule has 0 saturated heterocycles. The highest BCUT2D eigenvalue weighted by Gasteiger charge is 2.35. The molecule has 1 aliphatic heterocycles. The summed E-state index contributed by atoms with van der Waals surface area (Å²) >= 11 is 5.92. The summed E-state index contributed by atoms with van der Waals surface area (Å²) in [5.41, 5.74) is 1.61. The zero-order valence-corrected chi connectivity index (χ0v) is 17.9. The molecule has 0 aromatic heterocycles. The maximum absolute atomic E-state index is 13.2. The molecule has 0 spiro atoms. The van der Waals surface area contributed by atoms with Gasteiger partial charge in [0.2, 0.25) is 0 Å². The number of halogens is 1. The molecule has 33 heavy (non-hydrogen) atoms. The SMILES string of the molecule is O=C(O)COc1cccc2c1CN(c1c(OCc3ccc(Cl)cc3)cccc1C(=O)O)C2=O. The first-order valence-electron chi connectivity index (χ1n) is 9.87. The summed E-state index contributed by atoms with van der Waals surface area (Å²) in [5, 5.41) is 19.3. The molecule has 0 fully saturated rings. The predicted octanol–water partition coefficient (Wildman–Crippen LogP) is 4.24. The zero-order chi connectivity index (χ0) is 23.5. The van der Waals surface area contributed by atoms with Crippen LogP contribution in [0.1, 0.15) is 31.8 Å². The summed E-state index contributed by atoms with van der Waals surface area (Å²) < 4.78 is 11.2. The van der Waals surface area contributed by atoms with E-state index in [1.54, 1.807) is 54.6 Å². The number of hydrogen-bond acceptors (Lipinski definition) is 5. The molecule has 3 aromatic carbocycles. The number of anilines is 1. The Bertz CT molecular complexity index is 1240. The molecule has 2 N–H and O–H groups in total. The fourth-order valence-corrected chi connectivity index (χ4v) is 3.72. The number of rotatable bonds is 8. The van der Waals surface area contributed by atoms with E-state index >= 15 is 0 Å². The minimum Gasteiger partial charge on any atom is -0.487 e. The van der Waals surface area contributed by atoms with Gasteiger partial charge in [-0.05, 0) is 42.0 Å². The second-order valence-corrected chi connectivity index (χ2v) is 7.67. The van der Waals surface area contributed by atoms with Crippen molar-refractivity contribution < 1.29 is 34.1 Å². The average Bonchev–Trinajstić information content (AvgIpc) is 3.13. The van der Waals surface area contributed by atoms with Crippen LogP contribution in [0.4, 0.5) is 5.69 Å². The van der Waals surface area contributed by atoms with Crippen LogP contribution in [-0.4, -0.2) is 34.7 Å². The Kier molecular flexibility index (Phi) is 6.19. The summed E-state index contributed by atoms with van der Waals surface area (Å²) in [6.07, 6.45) is 0. The molecule has 1 aliphatic rings. The van der Waals surface area contributed by atoms with Gasteiger partial charge in [0.15, 0.2) is 6.61 Å². The molecule has 3 aromatic rings. The highest BCUT2D eigenvalue weighted by atomic mass is 35.5. The van der Waals surface area contributed by atoms with Crippen molar-refractivity contribution in [1.82, 2.24) is 0 Å². The molecular weight excluding hydrogens is 450 g/mol. The van der Waals surface area contributed by atoms with E-state index in [9.17, 15) is 19.5 Å². The van der Waals surface area contributed by atoms with Crippen LogP contribution in [0.5, 0.6) is 11.5 Å². The van der Waals surface area contributed by atoms with Crippen molar-refractivity contribution in [3.05, 3.63) is 87.9 Å². The molecule has 8 nitrogen and oxygen atoms in total. The smallest absolute Gasteiger partial charge is 0.341 e. The highest BCUT2D eigenvalue weighted by Crippen LogP contribution is 2.40. The second-order valence-electron chi connectivity index (χ2n) is 7.23. The standard InChI is InChI=1S/C24H18ClNO7/c25-15-9-7-14(8-10-15)12-32-20-6-2-4-17(24(30)31)22(20)26-11-18-16(23(26)29)3-1-5-19(18)33-13-21(27)28/h1-10H,11-13H2,(H,27,28)(H,30,31). The van der Waals surface area contributed by atoms with E-state index in [1.165, 1.54) is 11.0 Å². The van der Waals surface area contributed by atoms with E-state index in [-0.39, 0.29) is 35.9 Å². The molecule has 1 amide bonds. The Labute approximate surface area is 193 Å². The molecule has 0 unspecified atom stereocenters. The molecular formula is C24H18ClNO7.